The van der Waals surface area contributed by atoms with Crippen LogP contribution < -0.4 is 4.90 Å². The van der Waals surface area contributed by atoms with Gasteiger partial charge in [0.15, 0.2) is 0 Å². The van der Waals surface area contributed by atoms with Crippen molar-refractivity contribution < 1.29 is 9.59 Å². The number of benzene rings is 2. The van der Waals surface area contributed by atoms with E-state index in [9.17, 15) is 9.59 Å². The van der Waals surface area contributed by atoms with Crippen LogP contribution >= 0.6 is 11.6 Å². The summed E-state index contributed by atoms with van der Waals surface area (Å²) in [5.74, 6) is -1.14. The number of aliphatic imine (C=N–C) groups is 1. The molecule has 0 bridgehead atoms. The molecule has 0 aromatic heterocycles. The average molecular weight is 356 g/mol. The van der Waals surface area contributed by atoms with Gasteiger partial charge in [0.25, 0.3) is 0 Å². The average Bonchev–Trinajstić information content (AvgIpc) is 2.80. The molecular formula is C19H18ClN3O2. The predicted molar refractivity (Wildman–Crippen MR) is 99.4 cm³/mol. The number of likely N-dealkylation sites (N-methyl/N-ethyl adjacent to an activating group) is 1. The summed E-state index contributed by atoms with van der Waals surface area (Å²) in [6, 6.07) is 15.0. The summed E-state index contributed by atoms with van der Waals surface area (Å²) in [4.78, 5) is 32.2. The fourth-order valence-electron chi connectivity index (χ4n) is 2.76. The van der Waals surface area contributed by atoms with E-state index in [-0.39, 0.29) is 0 Å². The van der Waals surface area contributed by atoms with Crippen LogP contribution in [0.4, 0.5) is 5.69 Å². The zero-order chi connectivity index (χ0) is 18.0. The Morgan fingerprint density at radius 2 is 1.84 bits per heavy atom. The van der Waals surface area contributed by atoms with Gasteiger partial charge in [-0.2, -0.15) is 0 Å². The molecule has 6 heteroatoms. The molecule has 0 aliphatic carbocycles. The summed E-state index contributed by atoms with van der Waals surface area (Å²) in [6.45, 7) is 0.742. The highest BCUT2D eigenvalue weighted by Crippen LogP contribution is 2.29. The first-order valence-electron chi connectivity index (χ1n) is 7.92. The Morgan fingerprint density at radius 3 is 2.52 bits per heavy atom. The maximum Gasteiger partial charge on any atom is 0.316 e. The Kier molecular flexibility index (Phi) is 4.86. The molecular weight excluding hydrogens is 338 g/mol. The molecule has 0 saturated carbocycles. The Labute approximate surface area is 151 Å². The maximum absolute atomic E-state index is 12.6. The number of hydrogen-bond acceptors (Lipinski definition) is 3. The van der Waals surface area contributed by atoms with E-state index in [4.69, 9.17) is 11.6 Å². The number of anilines is 1. The molecule has 0 atom stereocenters. The van der Waals surface area contributed by atoms with E-state index in [1.807, 2.05) is 30.3 Å². The Balaban J connectivity index is 2.11. The highest BCUT2D eigenvalue weighted by Gasteiger charge is 2.29. The van der Waals surface area contributed by atoms with E-state index < -0.39 is 11.8 Å². The van der Waals surface area contributed by atoms with E-state index in [1.54, 1.807) is 32.3 Å². The first kappa shape index (κ1) is 17.2. The molecule has 2 aromatic rings. The summed E-state index contributed by atoms with van der Waals surface area (Å²) in [6.07, 6.45) is 0. The van der Waals surface area contributed by atoms with E-state index >= 15 is 0 Å². The minimum Gasteiger partial charge on any atom is -0.341 e. The number of benzodiazepines with no additional fused rings is 1. The molecule has 0 fully saturated rings. The lowest BCUT2D eigenvalue weighted by Gasteiger charge is -2.24. The van der Waals surface area contributed by atoms with E-state index in [0.717, 1.165) is 16.8 Å². The number of hydrogen-bond donors (Lipinski definition) is 0. The van der Waals surface area contributed by atoms with Gasteiger partial charge in [-0.1, -0.05) is 41.9 Å². The minimum absolute atomic E-state index is 0.337. The van der Waals surface area contributed by atoms with Crippen LogP contribution in [0.5, 0.6) is 0 Å². The van der Waals surface area contributed by atoms with Crippen LogP contribution in [0.3, 0.4) is 0 Å². The highest BCUT2D eigenvalue weighted by atomic mass is 35.5. The fraction of sp³-hybridized carbons (Fsp3) is 0.211. The Hall–Kier alpha value is -2.66. The topological polar surface area (TPSA) is 53.0 Å². The van der Waals surface area contributed by atoms with E-state index in [2.05, 4.69) is 4.99 Å². The number of rotatable bonds is 1. The van der Waals surface area contributed by atoms with Gasteiger partial charge in [0, 0.05) is 36.8 Å². The molecule has 1 aliphatic heterocycles. The predicted octanol–water partition coefficient (Wildman–Crippen LogP) is 2.61. The molecule has 25 heavy (non-hydrogen) atoms. The van der Waals surface area contributed by atoms with Gasteiger partial charge in [-0.15, -0.1) is 0 Å². The molecule has 1 heterocycles. The SMILES string of the molecule is CN(C)C(=O)C(=O)N1CCN=C(c2ccccc2)c2cc(Cl)ccc21. The van der Waals surface area contributed by atoms with Crippen LogP contribution in [0.1, 0.15) is 11.1 Å². The second kappa shape index (κ2) is 7.07. The Bertz CT molecular complexity index is 847. The lowest BCUT2D eigenvalue weighted by atomic mass is 10.00. The lowest BCUT2D eigenvalue weighted by molar-refractivity contribution is -0.142. The molecule has 128 valence electrons. The van der Waals surface area contributed by atoms with Gasteiger partial charge < -0.3 is 9.80 Å². The second-order valence-electron chi connectivity index (χ2n) is 5.91. The Morgan fingerprint density at radius 1 is 1.12 bits per heavy atom. The molecule has 3 rings (SSSR count). The van der Waals surface area contributed by atoms with Gasteiger partial charge in [0.2, 0.25) is 0 Å². The van der Waals surface area contributed by atoms with Gasteiger partial charge >= 0.3 is 11.8 Å². The summed E-state index contributed by atoms with van der Waals surface area (Å²) in [5, 5.41) is 0.551. The summed E-state index contributed by atoms with van der Waals surface area (Å²) in [5.41, 5.74) is 3.10. The van der Waals surface area contributed by atoms with Crippen LogP contribution in [-0.4, -0.2) is 49.6 Å². The van der Waals surface area contributed by atoms with Crippen molar-refractivity contribution in [2.75, 3.05) is 32.1 Å². The third kappa shape index (κ3) is 3.42. The molecule has 0 N–H and O–H groups in total. The van der Waals surface area contributed by atoms with Gasteiger partial charge in [0.1, 0.15) is 0 Å². The zero-order valence-corrected chi connectivity index (χ0v) is 14.8. The van der Waals surface area contributed by atoms with Crippen molar-refractivity contribution in [2.24, 2.45) is 4.99 Å². The van der Waals surface area contributed by atoms with Gasteiger partial charge in [-0.25, -0.2) is 0 Å². The number of halogens is 1. The normalized spacial score (nSPS) is 13.6. The van der Waals surface area contributed by atoms with E-state index in [1.165, 1.54) is 9.80 Å². The molecule has 0 unspecified atom stereocenters. The van der Waals surface area contributed by atoms with Gasteiger partial charge in [-0.05, 0) is 18.2 Å². The summed E-state index contributed by atoms with van der Waals surface area (Å²) < 4.78 is 0. The number of carbonyl (C=O) groups is 2. The number of nitrogens with zero attached hydrogens (tertiary/aromatic N) is 3. The van der Waals surface area contributed by atoms with Crippen molar-refractivity contribution in [1.82, 2.24) is 4.90 Å². The zero-order valence-electron chi connectivity index (χ0n) is 14.1. The number of amides is 2. The first-order chi connectivity index (χ1) is 12.0. The third-order valence-corrected chi connectivity index (χ3v) is 4.21. The van der Waals surface area contributed by atoms with Crippen molar-refractivity contribution in [3.63, 3.8) is 0 Å². The summed E-state index contributed by atoms with van der Waals surface area (Å²) >= 11 is 6.19. The van der Waals surface area contributed by atoms with Crippen molar-refractivity contribution in [3.05, 3.63) is 64.7 Å². The molecule has 1 aliphatic rings. The summed E-state index contributed by atoms with van der Waals surface area (Å²) in [7, 11) is 3.12. The third-order valence-electron chi connectivity index (χ3n) is 3.98. The number of carbonyl (C=O) groups excluding carboxylic acids is 2. The van der Waals surface area contributed by atoms with Crippen molar-refractivity contribution >= 4 is 34.8 Å². The molecule has 2 aromatic carbocycles. The van der Waals surface area contributed by atoms with Gasteiger partial charge in [0.05, 0.1) is 17.9 Å². The monoisotopic (exact) mass is 355 g/mol. The largest absolute Gasteiger partial charge is 0.341 e. The minimum atomic E-state index is -0.571. The fourth-order valence-corrected chi connectivity index (χ4v) is 2.93. The maximum atomic E-state index is 12.6. The molecule has 2 amide bonds. The van der Waals surface area contributed by atoms with Crippen LogP contribution in [-0.2, 0) is 9.59 Å². The van der Waals surface area contributed by atoms with Crippen molar-refractivity contribution in [3.8, 4) is 0 Å². The lowest BCUT2D eigenvalue weighted by Crippen LogP contribution is -2.43. The van der Waals surface area contributed by atoms with Crippen LogP contribution in [0.15, 0.2) is 53.5 Å². The molecule has 5 nitrogen and oxygen atoms in total. The van der Waals surface area contributed by atoms with E-state index in [0.29, 0.717) is 23.8 Å². The second-order valence-corrected chi connectivity index (χ2v) is 6.35. The molecule has 0 radical (unpaired) electrons. The smallest absolute Gasteiger partial charge is 0.316 e. The van der Waals surface area contributed by atoms with Crippen LogP contribution in [0.25, 0.3) is 0 Å². The first-order valence-corrected chi connectivity index (χ1v) is 8.30. The standard InChI is InChI=1S/C19H18ClN3O2/c1-22(2)18(24)19(25)23-11-10-21-17(13-6-4-3-5-7-13)15-12-14(20)8-9-16(15)23/h3-9,12H,10-11H2,1-2H3. The van der Waals surface area contributed by atoms with Crippen molar-refractivity contribution in [2.45, 2.75) is 0 Å². The van der Waals surface area contributed by atoms with Crippen LogP contribution in [0, 0.1) is 0 Å². The molecule has 0 spiro atoms. The molecule has 0 saturated heterocycles. The van der Waals surface area contributed by atoms with Crippen LogP contribution in [0.2, 0.25) is 5.02 Å². The highest BCUT2D eigenvalue weighted by molar-refractivity contribution is 6.41. The van der Waals surface area contributed by atoms with Crippen molar-refractivity contribution in [1.29, 1.82) is 0 Å². The number of fused-ring (bicyclic) bond motifs is 1. The quantitative estimate of drug-likeness (QED) is 0.738. The van der Waals surface area contributed by atoms with Gasteiger partial charge in [-0.3, -0.25) is 14.6 Å².